The minimum Gasteiger partial charge on any atom is -0.481 e. The van der Waals surface area contributed by atoms with Crippen LogP contribution in [-0.2, 0) is 4.79 Å². The van der Waals surface area contributed by atoms with Gasteiger partial charge >= 0.3 is 0 Å². The quantitative estimate of drug-likeness (QED) is 0.907. The summed E-state index contributed by atoms with van der Waals surface area (Å²) in [6, 6.07) is 10.8. The van der Waals surface area contributed by atoms with Gasteiger partial charge in [0.1, 0.15) is 5.75 Å². The van der Waals surface area contributed by atoms with E-state index in [1.165, 1.54) is 6.07 Å². The number of aryl methyl sites for hydroxylation is 1. The number of amides is 1. The van der Waals surface area contributed by atoms with Crippen molar-refractivity contribution in [1.29, 1.82) is 0 Å². The van der Waals surface area contributed by atoms with Crippen molar-refractivity contribution in [2.75, 3.05) is 0 Å². The van der Waals surface area contributed by atoms with E-state index in [9.17, 15) is 13.6 Å². The Hall–Kier alpha value is -2.43. The van der Waals surface area contributed by atoms with E-state index in [0.29, 0.717) is 0 Å². The maximum atomic E-state index is 13.1. The molecule has 5 heteroatoms. The Kier molecular flexibility index (Phi) is 5.32. The standard InChI is InChI=1S/C18H19F2NO2/c1-11-4-6-14(7-5-11)12(2)21-18(22)13(3)23-15-8-9-16(19)17(20)10-15/h4-10,12-13H,1-3H3,(H,21,22). The predicted octanol–water partition coefficient (Wildman–Crippen LogP) is 3.92. The molecule has 0 aliphatic carbocycles. The molecule has 0 saturated carbocycles. The third-order valence-corrected chi connectivity index (χ3v) is 3.51. The largest absolute Gasteiger partial charge is 0.481 e. The Bertz CT molecular complexity index is 686. The van der Waals surface area contributed by atoms with Gasteiger partial charge in [0.2, 0.25) is 0 Å². The molecule has 2 aromatic rings. The van der Waals surface area contributed by atoms with Gasteiger partial charge < -0.3 is 10.1 Å². The van der Waals surface area contributed by atoms with Gasteiger partial charge in [0.25, 0.3) is 5.91 Å². The molecule has 3 nitrogen and oxygen atoms in total. The molecule has 0 radical (unpaired) electrons. The number of ether oxygens (including phenoxy) is 1. The molecule has 0 heterocycles. The van der Waals surface area contributed by atoms with E-state index < -0.39 is 17.7 Å². The van der Waals surface area contributed by atoms with Crippen molar-refractivity contribution >= 4 is 5.91 Å². The molecule has 1 N–H and O–H groups in total. The summed E-state index contributed by atoms with van der Waals surface area (Å²) in [5.41, 5.74) is 2.12. The third kappa shape index (κ3) is 4.52. The lowest BCUT2D eigenvalue weighted by Crippen LogP contribution is -2.37. The Balaban J connectivity index is 1.96. The highest BCUT2D eigenvalue weighted by Gasteiger charge is 2.18. The fraction of sp³-hybridized carbons (Fsp3) is 0.278. The average Bonchev–Trinajstić information content (AvgIpc) is 2.51. The first-order valence-corrected chi connectivity index (χ1v) is 7.35. The number of hydrogen-bond acceptors (Lipinski definition) is 2. The van der Waals surface area contributed by atoms with Crippen LogP contribution in [-0.4, -0.2) is 12.0 Å². The van der Waals surface area contributed by atoms with E-state index in [0.717, 1.165) is 23.3 Å². The zero-order chi connectivity index (χ0) is 17.0. The second kappa shape index (κ2) is 7.22. The molecular formula is C18H19F2NO2. The lowest BCUT2D eigenvalue weighted by atomic mass is 10.1. The number of hydrogen-bond donors (Lipinski definition) is 1. The summed E-state index contributed by atoms with van der Waals surface area (Å²) < 4.78 is 31.4. The number of benzene rings is 2. The van der Waals surface area contributed by atoms with Crippen LogP contribution >= 0.6 is 0 Å². The Labute approximate surface area is 134 Å². The van der Waals surface area contributed by atoms with Crippen LogP contribution in [0.4, 0.5) is 8.78 Å². The van der Waals surface area contributed by atoms with Gasteiger partial charge in [-0.2, -0.15) is 0 Å². The smallest absolute Gasteiger partial charge is 0.261 e. The van der Waals surface area contributed by atoms with Crippen LogP contribution in [0.1, 0.15) is 31.0 Å². The molecule has 0 fully saturated rings. The molecule has 2 atom stereocenters. The molecule has 2 aromatic carbocycles. The van der Waals surface area contributed by atoms with E-state index in [1.54, 1.807) is 6.92 Å². The molecule has 0 aliphatic heterocycles. The van der Waals surface area contributed by atoms with Crippen LogP contribution in [0.25, 0.3) is 0 Å². The fourth-order valence-electron chi connectivity index (χ4n) is 2.08. The summed E-state index contributed by atoms with van der Waals surface area (Å²) in [6.45, 7) is 5.41. The first-order valence-electron chi connectivity index (χ1n) is 7.35. The number of carbonyl (C=O) groups is 1. The van der Waals surface area contributed by atoms with Gasteiger partial charge in [-0.15, -0.1) is 0 Å². The number of rotatable bonds is 5. The summed E-state index contributed by atoms with van der Waals surface area (Å²) >= 11 is 0. The molecule has 2 unspecified atom stereocenters. The van der Waals surface area contributed by atoms with Gasteiger partial charge in [-0.3, -0.25) is 4.79 Å². The normalized spacial score (nSPS) is 13.3. The van der Waals surface area contributed by atoms with Crippen molar-refractivity contribution in [2.45, 2.75) is 32.9 Å². The molecule has 0 aromatic heterocycles. The average molecular weight is 319 g/mol. The first-order chi connectivity index (χ1) is 10.9. The molecular weight excluding hydrogens is 300 g/mol. The maximum absolute atomic E-state index is 13.1. The topological polar surface area (TPSA) is 38.3 Å². The molecule has 23 heavy (non-hydrogen) atoms. The Morgan fingerprint density at radius 3 is 2.30 bits per heavy atom. The second-order valence-corrected chi connectivity index (χ2v) is 5.48. The van der Waals surface area contributed by atoms with Crippen molar-refractivity contribution in [1.82, 2.24) is 5.32 Å². The number of carbonyl (C=O) groups excluding carboxylic acids is 1. The molecule has 122 valence electrons. The summed E-state index contributed by atoms with van der Waals surface area (Å²) in [5, 5.41) is 2.83. The predicted molar refractivity (Wildman–Crippen MR) is 84.2 cm³/mol. The summed E-state index contributed by atoms with van der Waals surface area (Å²) in [7, 11) is 0. The van der Waals surface area contributed by atoms with E-state index in [-0.39, 0.29) is 17.7 Å². The van der Waals surface area contributed by atoms with Crippen molar-refractivity contribution in [3.8, 4) is 5.75 Å². The molecule has 0 spiro atoms. The molecule has 0 saturated heterocycles. The number of halogens is 2. The zero-order valence-electron chi connectivity index (χ0n) is 13.3. The van der Waals surface area contributed by atoms with Crippen LogP contribution in [0.3, 0.4) is 0 Å². The van der Waals surface area contributed by atoms with Crippen molar-refractivity contribution in [3.05, 3.63) is 65.2 Å². The third-order valence-electron chi connectivity index (χ3n) is 3.51. The highest BCUT2D eigenvalue weighted by Crippen LogP contribution is 2.18. The summed E-state index contributed by atoms with van der Waals surface area (Å²) in [6.07, 6.45) is -0.826. The SMILES string of the molecule is Cc1ccc(C(C)NC(=O)C(C)Oc2ccc(F)c(F)c2)cc1. The minimum atomic E-state index is -1.01. The van der Waals surface area contributed by atoms with E-state index in [2.05, 4.69) is 5.32 Å². The lowest BCUT2D eigenvalue weighted by molar-refractivity contribution is -0.127. The maximum Gasteiger partial charge on any atom is 0.261 e. The molecule has 0 bridgehead atoms. The van der Waals surface area contributed by atoms with Crippen molar-refractivity contribution in [2.24, 2.45) is 0 Å². The molecule has 1 amide bonds. The lowest BCUT2D eigenvalue weighted by Gasteiger charge is -2.19. The molecule has 0 aliphatic rings. The Morgan fingerprint density at radius 2 is 1.70 bits per heavy atom. The first kappa shape index (κ1) is 16.9. The summed E-state index contributed by atoms with van der Waals surface area (Å²) in [4.78, 5) is 12.1. The van der Waals surface area contributed by atoms with Gasteiger partial charge in [-0.05, 0) is 38.5 Å². The van der Waals surface area contributed by atoms with Crippen LogP contribution in [0.5, 0.6) is 5.75 Å². The van der Waals surface area contributed by atoms with E-state index >= 15 is 0 Å². The highest BCUT2D eigenvalue weighted by atomic mass is 19.2. The Morgan fingerprint density at radius 1 is 1.04 bits per heavy atom. The van der Waals surface area contributed by atoms with Gasteiger partial charge in [-0.1, -0.05) is 29.8 Å². The fourth-order valence-corrected chi connectivity index (χ4v) is 2.08. The summed E-state index contributed by atoms with van der Waals surface area (Å²) in [5.74, 6) is -2.19. The van der Waals surface area contributed by atoms with Gasteiger partial charge in [0.15, 0.2) is 17.7 Å². The highest BCUT2D eigenvalue weighted by molar-refractivity contribution is 5.81. The zero-order valence-corrected chi connectivity index (χ0v) is 13.3. The van der Waals surface area contributed by atoms with E-state index in [1.807, 2.05) is 38.1 Å². The van der Waals surface area contributed by atoms with Gasteiger partial charge in [0, 0.05) is 6.07 Å². The van der Waals surface area contributed by atoms with E-state index in [4.69, 9.17) is 4.74 Å². The van der Waals surface area contributed by atoms with Crippen LogP contribution < -0.4 is 10.1 Å². The second-order valence-electron chi connectivity index (χ2n) is 5.48. The number of nitrogens with one attached hydrogen (secondary N) is 1. The van der Waals surface area contributed by atoms with Crippen LogP contribution in [0, 0.1) is 18.6 Å². The van der Waals surface area contributed by atoms with Crippen molar-refractivity contribution in [3.63, 3.8) is 0 Å². The van der Waals surface area contributed by atoms with Gasteiger partial charge in [-0.25, -0.2) is 8.78 Å². The van der Waals surface area contributed by atoms with Crippen LogP contribution in [0.15, 0.2) is 42.5 Å². The van der Waals surface area contributed by atoms with Crippen molar-refractivity contribution < 1.29 is 18.3 Å². The van der Waals surface area contributed by atoms with Crippen LogP contribution in [0.2, 0.25) is 0 Å². The van der Waals surface area contributed by atoms with Gasteiger partial charge in [0.05, 0.1) is 6.04 Å². The monoisotopic (exact) mass is 319 g/mol. The molecule has 2 rings (SSSR count). The minimum absolute atomic E-state index is 0.106.